The normalized spacial score (nSPS) is 12.3. The second-order valence-corrected chi connectivity index (χ2v) is 10.4. The number of ether oxygens (including phenoxy) is 2. The number of nitrogens with two attached hydrogens (primary N) is 1. The van der Waals surface area contributed by atoms with E-state index in [0.717, 1.165) is 34.6 Å². The largest absolute Gasteiger partial charge is 0.497 e. The molecule has 3 N–H and O–H groups in total. The van der Waals surface area contributed by atoms with Crippen LogP contribution in [0.4, 0.5) is 4.79 Å². The summed E-state index contributed by atoms with van der Waals surface area (Å²) in [6.07, 6.45) is 3.21. The summed E-state index contributed by atoms with van der Waals surface area (Å²) in [6.45, 7) is 0.975. The maximum absolute atomic E-state index is 13.9. The van der Waals surface area contributed by atoms with Crippen molar-refractivity contribution in [2.45, 2.75) is 44.5 Å². The number of nitrogens with zero attached hydrogens (tertiary/aromatic N) is 1. The average Bonchev–Trinajstić information content (AvgIpc) is 2.97. The van der Waals surface area contributed by atoms with Crippen LogP contribution in [0.1, 0.15) is 29.5 Å². The van der Waals surface area contributed by atoms with Gasteiger partial charge in [-0.05, 0) is 60.1 Å². The molecule has 3 aromatic carbocycles. The molecule has 1 unspecified atom stereocenters. The minimum atomic E-state index is -0.711. The van der Waals surface area contributed by atoms with Gasteiger partial charge in [-0.2, -0.15) is 11.8 Å². The summed E-state index contributed by atoms with van der Waals surface area (Å²) in [6, 6.07) is 26.4. The average molecular weight is 550 g/mol. The Balaban J connectivity index is 1.71. The molecule has 0 aromatic heterocycles. The molecular formula is C31H39N3O4S. The van der Waals surface area contributed by atoms with E-state index in [9.17, 15) is 9.59 Å². The van der Waals surface area contributed by atoms with Gasteiger partial charge in [0.25, 0.3) is 0 Å². The SMILES string of the molecule is COc1cccc(CN(CC[C@@H](N)Cc2ccccc2)C(=O)C(CCSC)NC(=O)OCc2ccccc2)c1. The third kappa shape index (κ3) is 10.7. The molecule has 208 valence electrons. The van der Waals surface area contributed by atoms with Gasteiger partial charge in [0.15, 0.2) is 0 Å². The fraction of sp³-hybridized carbons (Fsp3) is 0.355. The molecule has 39 heavy (non-hydrogen) atoms. The molecule has 0 saturated heterocycles. The number of thioether (sulfide) groups is 1. The van der Waals surface area contributed by atoms with Crippen molar-refractivity contribution >= 4 is 23.8 Å². The number of nitrogens with one attached hydrogen (secondary N) is 1. The van der Waals surface area contributed by atoms with E-state index in [1.807, 2.05) is 79.1 Å². The predicted octanol–water partition coefficient (Wildman–Crippen LogP) is 5.03. The zero-order valence-electron chi connectivity index (χ0n) is 22.8. The number of benzene rings is 3. The summed E-state index contributed by atoms with van der Waals surface area (Å²) >= 11 is 1.63. The second-order valence-electron chi connectivity index (χ2n) is 9.39. The second kappa shape index (κ2) is 16.5. The van der Waals surface area contributed by atoms with Crippen molar-refractivity contribution in [1.29, 1.82) is 0 Å². The molecule has 2 amide bonds. The molecular weight excluding hydrogens is 510 g/mol. The quantitative estimate of drug-likeness (QED) is 0.276. The highest BCUT2D eigenvalue weighted by molar-refractivity contribution is 7.98. The van der Waals surface area contributed by atoms with Gasteiger partial charge in [-0.25, -0.2) is 4.79 Å². The third-order valence-electron chi connectivity index (χ3n) is 6.34. The summed E-state index contributed by atoms with van der Waals surface area (Å²) < 4.78 is 10.8. The van der Waals surface area contributed by atoms with Crippen molar-refractivity contribution in [1.82, 2.24) is 10.2 Å². The molecule has 0 radical (unpaired) electrons. The lowest BCUT2D eigenvalue weighted by atomic mass is 10.0. The van der Waals surface area contributed by atoms with Gasteiger partial charge in [0, 0.05) is 19.1 Å². The molecule has 0 aliphatic rings. The van der Waals surface area contributed by atoms with Gasteiger partial charge in [-0.15, -0.1) is 0 Å². The van der Waals surface area contributed by atoms with Crippen molar-refractivity contribution < 1.29 is 19.1 Å². The molecule has 3 aromatic rings. The van der Waals surface area contributed by atoms with E-state index in [4.69, 9.17) is 15.2 Å². The number of hydrogen-bond acceptors (Lipinski definition) is 6. The summed E-state index contributed by atoms with van der Waals surface area (Å²) in [4.78, 5) is 28.3. The highest BCUT2D eigenvalue weighted by Gasteiger charge is 2.27. The third-order valence-corrected chi connectivity index (χ3v) is 6.99. The fourth-order valence-corrected chi connectivity index (χ4v) is 4.69. The standard InChI is InChI=1S/C31H39N3O4S/c1-37-28-15-9-14-26(21-28)22-34(18-16-27(32)20-24-10-5-3-6-11-24)30(35)29(17-19-39-2)33-31(36)38-23-25-12-7-4-8-13-25/h3-15,21,27,29H,16-20,22-23,32H2,1-2H3,(H,33,36)/t27-,29?/m1/s1. The van der Waals surface area contributed by atoms with E-state index in [2.05, 4.69) is 17.4 Å². The Morgan fingerprint density at radius 2 is 1.59 bits per heavy atom. The molecule has 0 saturated carbocycles. The van der Waals surface area contributed by atoms with Crippen LogP contribution in [-0.4, -0.2) is 54.6 Å². The maximum Gasteiger partial charge on any atom is 0.408 e. The molecule has 0 aliphatic carbocycles. The van der Waals surface area contributed by atoms with Crippen molar-refractivity contribution in [2.24, 2.45) is 5.73 Å². The Morgan fingerprint density at radius 1 is 0.923 bits per heavy atom. The van der Waals surface area contributed by atoms with E-state index >= 15 is 0 Å². The van der Waals surface area contributed by atoms with Gasteiger partial charge in [0.1, 0.15) is 18.4 Å². The van der Waals surface area contributed by atoms with Crippen molar-refractivity contribution in [3.05, 3.63) is 102 Å². The van der Waals surface area contributed by atoms with Crippen molar-refractivity contribution in [2.75, 3.05) is 25.7 Å². The van der Waals surface area contributed by atoms with Crippen LogP contribution in [0.5, 0.6) is 5.75 Å². The van der Waals surface area contributed by atoms with Crippen LogP contribution in [0.3, 0.4) is 0 Å². The van der Waals surface area contributed by atoms with E-state index in [0.29, 0.717) is 25.9 Å². The molecule has 3 rings (SSSR count). The minimum absolute atomic E-state index is 0.110. The van der Waals surface area contributed by atoms with Crippen LogP contribution in [0.25, 0.3) is 0 Å². The van der Waals surface area contributed by atoms with E-state index < -0.39 is 12.1 Å². The first-order valence-electron chi connectivity index (χ1n) is 13.2. The Hall–Kier alpha value is -3.49. The van der Waals surface area contributed by atoms with Crippen LogP contribution < -0.4 is 15.8 Å². The predicted molar refractivity (Wildman–Crippen MR) is 158 cm³/mol. The molecule has 8 heteroatoms. The first-order chi connectivity index (χ1) is 19.0. The van der Waals surface area contributed by atoms with E-state index in [-0.39, 0.29) is 18.6 Å². The van der Waals surface area contributed by atoms with Gasteiger partial charge in [0.05, 0.1) is 7.11 Å². The Bertz CT molecular complexity index is 1150. The number of alkyl carbamates (subject to hydrolysis) is 1. The van der Waals surface area contributed by atoms with Crippen molar-refractivity contribution in [3.8, 4) is 5.75 Å². The topological polar surface area (TPSA) is 93.9 Å². The van der Waals surface area contributed by atoms with Crippen LogP contribution in [0.15, 0.2) is 84.9 Å². The number of hydrogen-bond donors (Lipinski definition) is 2. The van der Waals surface area contributed by atoms with Crippen LogP contribution in [-0.2, 0) is 29.1 Å². The molecule has 0 heterocycles. The monoisotopic (exact) mass is 549 g/mol. The molecule has 0 bridgehead atoms. The van der Waals surface area contributed by atoms with Gasteiger partial charge in [-0.3, -0.25) is 4.79 Å². The summed E-state index contributed by atoms with van der Waals surface area (Å²) in [5.41, 5.74) is 9.46. The number of carbonyl (C=O) groups excluding carboxylic acids is 2. The van der Waals surface area contributed by atoms with Gasteiger partial charge < -0.3 is 25.4 Å². The minimum Gasteiger partial charge on any atom is -0.497 e. The van der Waals surface area contributed by atoms with Crippen molar-refractivity contribution in [3.63, 3.8) is 0 Å². The zero-order chi connectivity index (χ0) is 27.9. The van der Waals surface area contributed by atoms with E-state index in [1.54, 1.807) is 23.8 Å². The summed E-state index contributed by atoms with van der Waals surface area (Å²) in [7, 11) is 1.62. The highest BCUT2D eigenvalue weighted by atomic mass is 32.2. The molecule has 0 spiro atoms. The Kier molecular flexibility index (Phi) is 12.7. The first-order valence-corrected chi connectivity index (χ1v) is 14.5. The molecule has 0 fully saturated rings. The zero-order valence-corrected chi connectivity index (χ0v) is 23.6. The number of methoxy groups -OCH3 is 1. The summed E-state index contributed by atoms with van der Waals surface area (Å²) in [5.74, 6) is 1.29. The lowest BCUT2D eigenvalue weighted by Gasteiger charge is -2.29. The number of amides is 2. The maximum atomic E-state index is 13.9. The Morgan fingerprint density at radius 3 is 2.26 bits per heavy atom. The van der Waals surface area contributed by atoms with E-state index in [1.165, 1.54) is 0 Å². The lowest BCUT2D eigenvalue weighted by molar-refractivity contribution is -0.134. The number of rotatable bonds is 15. The summed E-state index contributed by atoms with van der Waals surface area (Å²) in [5, 5.41) is 2.82. The molecule has 0 aliphatic heterocycles. The van der Waals surface area contributed by atoms with Crippen LogP contribution in [0.2, 0.25) is 0 Å². The van der Waals surface area contributed by atoms with Crippen LogP contribution in [0, 0.1) is 0 Å². The fourth-order valence-electron chi connectivity index (χ4n) is 4.22. The molecule has 2 atom stereocenters. The lowest BCUT2D eigenvalue weighted by Crippen LogP contribution is -2.49. The smallest absolute Gasteiger partial charge is 0.408 e. The van der Waals surface area contributed by atoms with Gasteiger partial charge in [-0.1, -0.05) is 72.8 Å². The Labute approximate surface area is 236 Å². The number of carbonyl (C=O) groups is 2. The first kappa shape index (κ1) is 30.1. The highest BCUT2D eigenvalue weighted by Crippen LogP contribution is 2.17. The molecule has 7 nitrogen and oxygen atoms in total. The van der Waals surface area contributed by atoms with Crippen LogP contribution >= 0.6 is 11.8 Å². The van der Waals surface area contributed by atoms with Gasteiger partial charge >= 0.3 is 6.09 Å². The van der Waals surface area contributed by atoms with Gasteiger partial charge in [0.2, 0.25) is 5.91 Å².